The number of nitrogens with one attached hydrogen (secondary N) is 1. The van der Waals surface area contributed by atoms with Gasteiger partial charge in [0.2, 0.25) is 0 Å². The lowest BCUT2D eigenvalue weighted by atomic mass is 9.99. The molecule has 2 N–H and O–H groups in total. The lowest BCUT2D eigenvalue weighted by molar-refractivity contribution is -0.142. The number of carboxylic acids is 1. The molecular formula is C12H18N2O3. The average Bonchev–Trinajstić information content (AvgIpc) is 2.86. The second-order valence-electron chi connectivity index (χ2n) is 4.92. The van der Waals surface area contributed by atoms with Gasteiger partial charge in [0.25, 0.3) is 0 Å². The van der Waals surface area contributed by atoms with Crippen LogP contribution in [0.1, 0.15) is 19.8 Å². The van der Waals surface area contributed by atoms with Gasteiger partial charge in [0.15, 0.2) is 0 Å². The number of carbonyl (C=O) groups is 2. The summed E-state index contributed by atoms with van der Waals surface area (Å²) in [5.74, 6) is -1.21. The maximum atomic E-state index is 11.9. The number of rotatable bonds is 2. The summed E-state index contributed by atoms with van der Waals surface area (Å²) in [5, 5.41) is 11.9. The van der Waals surface area contributed by atoms with Crippen molar-refractivity contribution in [2.24, 2.45) is 11.8 Å². The molecule has 94 valence electrons. The molecule has 0 saturated carbocycles. The van der Waals surface area contributed by atoms with Gasteiger partial charge in [-0.1, -0.05) is 19.1 Å². The largest absolute Gasteiger partial charge is 0.481 e. The summed E-state index contributed by atoms with van der Waals surface area (Å²) >= 11 is 0. The molecule has 0 aromatic rings. The Bertz CT molecular complexity index is 346. The van der Waals surface area contributed by atoms with Gasteiger partial charge in [-0.05, 0) is 18.8 Å². The van der Waals surface area contributed by atoms with Crippen molar-refractivity contribution in [3.05, 3.63) is 12.2 Å². The van der Waals surface area contributed by atoms with E-state index in [0.29, 0.717) is 13.1 Å². The van der Waals surface area contributed by atoms with Crippen molar-refractivity contribution in [1.29, 1.82) is 0 Å². The van der Waals surface area contributed by atoms with E-state index in [4.69, 9.17) is 5.11 Å². The van der Waals surface area contributed by atoms with Crippen molar-refractivity contribution < 1.29 is 14.7 Å². The zero-order valence-electron chi connectivity index (χ0n) is 9.93. The number of likely N-dealkylation sites (tertiary alicyclic amines) is 1. The Morgan fingerprint density at radius 2 is 1.94 bits per heavy atom. The number of aliphatic carboxylic acids is 1. The highest BCUT2D eigenvalue weighted by Gasteiger charge is 2.37. The van der Waals surface area contributed by atoms with Crippen LogP contribution in [0.4, 0.5) is 4.79 Å². The zero-order chi connectivity index (χ0) is 12.4. The van der Waals surface area contributed by atoms with Crippen LogP contribution in [0, 0.1) is 11.8 Å². The smallest absolute Gasteiger partial charge is 0.317 e. The molecule has 0 aromatic heterocycles. The first-order valence-electron chi connectivity index (χ1n) is 6.01. The highest BCUT2D eigenvalue weighted by Crippen LogP contribution is 2.23. The topological polar surface area (TPSA) is 69.6 Å². The van der Waals surface area contributed by atoms with Crippen LogP contribution < -0.4 is 5.32 Å². The van der Waals surface area contributed by atoms with Gasteiger partial charge in [0.1, 0.15) is 0 Å². The maximum Gasteiger partial charge on any atom is 0.317 e. The molecule has 17 heavy (non-hydrogen) atoms. The van der Waals surface area contributed by atoms with Crippen LogP contribution in [0.3, 0.4) is 0 Å². The predicted octanol–water partition coefficient (Wildman–Crippen LogP) is 1.07. The van der Waals surface area contributed by atoms with Gasteiger partial charge >= 0.3 is 12.0 Å². The molecule has 2 rings (SSSR count). The molecule has 0 radical (unpaired) electrons. The number of carboxylic acid groups (broad SMARTS) is 1. The number of urea groups is 1. The Morgan fingerprint density at radius 1 is 1.29 bits per heavy atom. The standard InChI is InChI=1S/C12H18N2O3/c1-8-6-14(7-10(8)11(15)16)12(17)13-9-4-2-3-5-9/h2-3,8-10H,4-7H2,1H3,(H,13,17)(H,15,16). The van der Waals surface area contributed by atoms with Crippen LogP contribution in [0.15, 0.2) is 12.2 Å². The molecule has 2 aliphatic rings. The number of nitrogens with zero attached hydrogens (tertiary/aromatic N) is 1. The Hall–Kier alpha value is -1.52. The van der Waals surface area contributed by atoms with Crippen LogP contribution >= 0.6 is 0 Å². The first-order valence-corrected chi connectivity index (χ1v) is 6.01. The molecule has 2 atom stereocenters. The molecule has 5 nitrogen and oxygen atoms in total. The molecule has 0 spiro atoms. The van der Waals surface area contributed by atoms with E-state index in [9.17, 15) is 9.59 Å². The van der Waals surface area contributed by atoms with Crippen molar-refractivity contribution >= 4 is 12.0 Å². The Labute approximate surface area is 100 Å². The predicted molar refractivity (Wildman–Crippen MR) is 62.6 cm³/mol. The van der Waals surface area contributed by atoms with E-state index < -0.39 is 11.9 Å². The summed E-state index contributed by atoms with van der Waals surface area (Å²) in [7, 11) is 0. The molecule has 2 unspecified atom stereocenters. The average molecular weight is 238 g/mol. The molecule has 1 fully saturated rings. The number of amides is 2. The van der Waals surface area contributed by atoms with E-state index in [0.717, 1.165) is 12.8 Å². The first-order chi connectivity index (χ1) is 8.08. The molecule has 5 heteroatoms. The van der Waals surface area contributed by atoms with E-state index in [-0.39, 0.29) is 18.0 Å². The van der Waals surface area contributed by atoms with Gasteiger partial charge < -0.3 is 15.3 Å². The Kier molecular flexibility index (Phi) is 3.36. The van der Waals surface area contributed by atoms with Crippen LogP contribution in [-0.4, -0.2) is 41.1 Å². The molecule has 1 aliphatic carbocycles. The number of hydrogen-bond acceptors (Lipinski definition) is 2. The Morgan fingerprint density at radius 3 is 2.47 bits per heavy atom. The third kappa shape index (κ3) is 2.60. The van der Waals surface area contributed by atoms with Crippen molar-refractivity contribution in [3.63, 3.8) is 0 Å². The summed E-state index contributed by atoms with van der Waals surface area (Å²) in [6, 6.07) is 0.0518. The van der Waals surface area contributed by atoms with Crippen molar-refractivity contribution in [2.45, 2.75) is 25.8 Å². The summed E-state index contributed by atoms with van der Waals surface area (Å²) in [6.45, 7) is 2.73. The second-order valence-corrected chi connectivity index (χ2v) is 4.92. The number of hydrogen-bond donors (Lipinski definition) is 2. The van der Waals surface area contributed by atoms with Gasteiger partial charge in [-0.15, -0.1) is 0 Å². The van der Waals surface area contributed by atoms with Crippen LogP contribution in [0.2, 0.25) is 0 Å². The molecule has 1 aliphatic heterocycles. The summed E-state index contributed by atoms with van der Waals surface area (Å²) in [4.78, 5) is 24.5. The fourth-order valence-corrected chi connectivity index (χ4v) is 2.46. The van der Waals surface area contributed by atoms with Crippen molar-refractivity contribution in [3.8, 4) is 0 Å². The highest BCUT2D eigenvalue weighted by molar-refractivity contribution is 5.77. The molecular weight excluding hydrogens is 220 g/mol. The Balaban J connectivity index is 1.86. The summed E-state index contributed by atoms with van der Waals surface area (Å²) in [5.41, 5.74) is 0. The lowest BCUT2D eigenvalue weighted by Gasteiger charge is -2.20. The second kappa shape index (κ2) is 4.77. The van der Waals surface area contributed by atoms with Crippen molar-refractivity contribution in [1.82, 2.24) is 10.2 Å². The van der Waals surface area contributed by atoms with E-state index >= 15 is 0 Å². The van der Waals surface area contributed by atoms with Gasteiger partial charge in [-0.3, -0.25) is 4.79 Å². The number of carbonyl (C=O) groups excluding carboxylic acids is 1. The SMILES string of the molecule is CC1CN(C(=O)NC2CC=CC2)CC1C(=O)O. The van der Waals surface area contributed by atoms with Gasteiger partial charge in [0, 0.05) is 19.1 Å². The van der Waals surface area contributed by atoms with E-state index in [1.54, 1.807) is 4.90 Å². The van der Waals surface area contributed by atoms with Crippen LogP contribution in [-0.2, 0) is 4.79 Å². The third-order valence-corrected chi connectivity index (χ3v) is 3.55. The zero-order valence-corrected chi connectivity index (χ0v) is 9.93. The monoisotopic (exact) mass is 238 g/mol. The van der Waals surface area contributed by atoms with Gasteiger partial charge in [-0.25, -0.2) is 4.79 Å². The minimum atomic E-state index is -0.810. The molecule has 2 amide bonds. The molecule has 0 bridgehead atoms. The molecule has 1 heterocycles. The van der Waals surface area contributed by atoms with Crippen LogP contribution in [0.25, 0.3) is 0 Å². The maximum absolute atomic E-state index is 11.9. The van der Waals surface area contributed by atoms with E-state index in [1.807, 2.05) is 6.92 Å². The first kappa shape index (κ1) is 12.0. The fraction of sp³-hybridized carbons (Fsp3) is 0.667. The quantitative estimate of drug-likeness (QED) is 0.707. The summed E-state index contributed by atoms with van der Waals surface area (Å²) < 4.78 is 0. The summed E-state index contributed by atoms with van der Waals surface area (Å²) in [6.07, 6.45) is 5.85. The highest BCUT2D eigenvalue weighted by atomic mass is 16.4. The molecule has 1 saturated heterocycles. The van der Waals surface area contributed by atoms with Gasteiger partial charge in [0.05, 0.1) is 5.92 Å². The fourth-order valence-electron chi connectivity index (χ4n) is 2.46. The lowest BCUT2D eigenvalue weighted by Crippen LogP contribution is -2.43. The van der Waals surface area contributed by atoms with Crippen molar-refractivity contribution in [2.75, 3.05) is 13.1 Å². The van der Waals surface area contributed by atoms with E-state index in [1.165, 1.54) is 0 Å². The minimum Gasteiger partial charge on any atom is -0.481 e. The van der Waals surface area contributed by atoms with E-state index in [2.05, 4.69) is 17.5 Å². The molecule has 0 aromatic carbocycles. The minimum absolute atomic E-state index is 0.0277. The third-order valence-electron chi connectivity index (χ3n) is 3.55. The normalized spacial score (nSPS) is 28.6. The van der Waals surface area contributed by atoms with Gasteiger partial charge in [-0.2, -0.15) is 0 Å². The van der Waals surface area contributed by atoms with Crippen LogP contribution in [0.5, 0.6) is 0 Å².